The first-order valence-electron chi connectivity index (χ1n) is 7.16. The van der Waals surface area contributed by atoms with Crippen LogP contribution in [0.25, 0.3) is 0 Å². The molecule has 0 spiro atoms. The Labute approximate surface area is 129 Å². The van der Waals surface area contributed by atoms with E-state index >= 15 is 0 Å². The quantitative estimate of drug-likeness (QED) is 0.831. The Bertz CT molecular complexity index is 585. The van der Waals surface area contributed by atoms with Gasteiger partial charge < -0.3 is 10.1 Å². The highest BCUT2D eigenvalue weighted by atomic mass is 32.1. The van der Waals surface area contributed by atoms with Gasteiger partial charge in [0.25, 0.3) is 0 Å². The van der Waals surface area contributed by atoms with Crippen molar-refractivity contribution in [2.75, 3.05) is 6.54 Å². The van der Waals surface area contributed by atoms with Crippen LogP contribution in [0.2, 0.25) is 0 Å². The number of aromatic nitrogens is 1. The molecular weight excluding hydrogens is 287 g/mol. The Morgan fingerprint density at radius 1 is 1.43 bits per heavy atom. The third kappa shape index (κ3) is 4.51. The van der Waals surface area contributed by atoms with E-state index in [1.54, 1.807) is 17.4 Å². The molecule has 5 heteroatoms. The van der Waals surface area contributed by atoms with Gasteiger partial charge in [-0.25, -0.2) is 9.37 Å². The van der Waals surface area contributed by atoms with Crippen LogP contribution in [0.15, 0.2) is 23.6 Å². The number of aryl methyl sites for hydroxylation is 1. The molecule has 1 aromatic heterocycles. The summed E-state index contributed by atoms with van der Waals surface area (Å²) >= 11 is 1.56. The van der Waals surface area contributed by atoms with Gasteiger partial charge in [0.05, 0.1) is 0 Å². The van der Waals surface area contributed by atoms with Crippen LogP contribution >= 0.6 is 11.3 Å². The highest BCUT2D eigenvalue weighted by Crippen LogP contribution is 2.27. The van der Waals surface area contributed by atoms with E-state index in [9.17, 15) is 4.39 Å². The van der Waals surface area contributed by atoms with Gasteiger partial charge in [-0.2, -0.15) is 0 Å². The largest absolute Gasteiger partial charge is 0.486 e. The Hall–Kier alpha value is -1.46. The van der Waals surface area contributed by atoms with Gasteiger partial charge in [-0.3, -0.25) is 0 Å². The summed E-state index contributed by atoms with van der Waals surface area (Å²) in [5.74, 6) is 0.297. The molecule has 0 amide bonds. The fourth-order valence-corrected chi connectivity index (χ4v) is 2.75. The summed E-state index contributed by atoms with van der Waals surface area (Å²) in [6.07, 6.45) is 1.06. The van der Waals surface area contributed by atoms with E-state index in [0.29, 0.717) is 12.4 Å². The number of rotatable bonds is 7. The number of halogens is 1. The van der Waals surface area contributed by atoms with Crippen LogP contribution in [0.1, 0.15) is 42.6 Å². The predicted molar refractivity (Wildman–Crippen MR) is 84.3 cm³/mol. The Morgan fingerprint density at radius 3 is 2.90 bits per heavy atom. The molecule has 1 N–H and O–H groups in total. The minimum Gasteiger partial charge on any atom is -0.486 e. The summed E-state index contributed by atoms with van der Waals surface area (Å²) < 4.78 is 19.3. The lowest BCUT2D eigenvalue weighted by Crippen LogP contribution is -2.20. The molecule has 0 aliphatic rings. The molecule has 0 saturated carbocycles. The van der Waals surface area contributed by atoms with Gasteiger partial charge in [-0.1, -0.05) is 13.0 Å². The molecule has 0 bridgehead atoms. The Morgan fingerprint density at radius 2 is 2.24 bits per heavy atom. The zero-order valence-corrected chi connectivity index (χ0v) is 13.5. The van der Waals surface area contributed by atoms with Gasteiger partial charge in [-0.15, -0.1) is 11.3 Å². The summed E-state index contributed by atoms with van der Waals surface area (Å²) in [4.78, 5) is 4.36. The fourth-order valence-electron chi connectivity index (χ4n) is 2.07. The summed E-state index contributed by atoms with van der Waals surface area (Å²) in [7, 11) is 0. The molecule has 0 radical (unpaired) electrons. The first-order valence-corrected chi connectivity index (χ1v) is 8.04. The lowest BCUT2D eigenvalue weighted by Gasteiger charge is -2.18. The van der Waals surface area contributed by atoms with Gasteiger partial charge >= 0.3 is 0 Å². The summed E-state index contributed by atoms with van der Waals surface area (Å²) in [5, 5.41) is 6.28. The molecule has 0 saturated heterocycles. The fraction of sp³-hybridized carbons (Fsp3) is 0.438. The third-order valence-corrected chi connectivity index (χ3v) is 4.10. The Balaban J connectivity index is 2.10. The maximum atomic E-state index is 13.5. The van der Waals surface area contributed by atoms with Crippen molar-refractivity contribution in [2.24, 2.45) is 0 Å². The molecule has 1 atom stereocenters. The van der Waals surface area contributed by atoms with Crippen molar-refractivity contribution in [1.29, 1.82) is 0 Å². The standard InChI is InChI=1S/C16H21FN2OS/c1-4-7-18-12(3)14-6-5-13(17)8-15(14)20-9-16-19-11(2)10-21-16/h5-6,8,10,12,18H,4,7,9H2,1-3H3. The van der Waals surface area contributed by atoms with E-state index in [2.05, 4.69) is 24.1 Å². The van der Waals surface area contributed by atoms with Gasteiger partial charge in [0, 0.05) is 28.7 Å². The Kier molecular flexibility index (Phi) is 5.70. The van der Waals surface area contributed by atoms with Crippen LogP contribution in [0, 0.1) is 12.7 Å². The van der Waals surface area contributed by atoms with Crippen molar-refractivity contribution < 1.29 is 9.13 Å². The predicted octanol–water partition coefficient (Wildman–Crippen LogP) is 4.23. The summed E-state index contributed by atoms with van der Waals surface area (Å²) in [6.45, 7) is 7.42. The topological polar surface area (TPSA) is 34.1 Å². The molecule has 1 heterocycles. The smallest absolute Gasteiger partial charge is 0.140 e. The average Bonchev–Trinajstić information content (AvgIpc) is 2.88. The highest BCUT2D eigenvalue weighted by Gasteiger charge is 2.13. The minimum absolute atomic E-state index is 0.124. The number of thiazole rings is 1. The van der Waals surface area contributed by atoms with Crippen LogP contribution < -0.4 is 10.1 Å². The van der Waals surface area contributed by atoms with Crippen LogP contribution in [-0.2, 0) is 6.61 Å². The van der Waals surface area contributed by atoms with Crippen LogP contribution in [0.5, 0.6) is 5.75 Å². The SMILES string of the molecule is CCCNC(C)c1ccc(F)cc1OCc1nc(C)cs1. The number of benzene rings is 1. The van der Waals surface area contributed by atoms with E-state index in [-0.39, 0.29) is 11.9 Å². The number of hydrogen-bond donors (Lipinski definition) is 1. The lowest BCUT2D eigenvalue weighted by molar-refractivity contribution is 0.297. The van der Waals surface area contributed by atoms with Crippen LogP contribution in [0.4, 0.5) is 4.39 Å². The van der Waals surface area contributed by atoms with Crippen LogP contribution in [-0.4, -0.2) is 11.5 Å². The van der Waals surface area contributed by atoms with Crippen LogP contribution in [0.3, 0.4) is 0 Å². The number of hydrogen-bond acceptors (Lipinski definition) is 4. The number of nitrogens with zero attached hydrogens (tertiary/aromatic N) is 1. The molecule has 21 heavy (non-hydrogen) atoms. The molecule has 1 aromatic carbocycles. The second-order valence-corrected chi connectivity index (χ2v) is 5.97. The van der Waals surface area contributed by atoms with E-state index in [4.69, 9.17) is 4.74 Å². The van der Waals surface area contributed by atoms with Gasteiger partial charge in [0.2, 0.25) is 0 Å². The van der Waals surface area contributed by atoms with Crippen molar-refractivity contribution in [2.45, 2.75) is 39.8 Å². The van der Waals surface area contributed by atoms with Crippen molar-refractivity contribution in [3.05, 3.63) is 45.7 Å². The highest BCUT2D eigenvalue weighted by molar-refractivity contribution is 7.09. The van der Waals surface area contributed by atoms with Gasteiger partial charge in [0.1, 0.15) is 23.2 Å². The molecule has 1 unspecified atom stereocenters. The molecule has 0 aliphatic carbocycles. The van der Waals surface area contributed by atoms with Gasteiger partial charge in [0.15, 0.2) is 0 Å². The average molecular weight is 308 g/mol. The molecular formula is C16H21FN2OS. The second-order valence-electron chi connectivity index (χ2n) is 5.03. The van der Waals surface area contributed by atoms with E-state index in [1.165, 1.54) is 12.1 Å². The monoisotopic (exact) mass is 308 g/mol. The lowest BCUT2D eigenvalue weighted by atomic mass is 10.1. The molecule has 3 nitrogen and oxygen atoms in total. The normalized spacial score (nSPS) is 12.4. The number of nitrogens with one attached hydrogen (secondary N) is 1. The molecule has 2 aromatic rings. The first kappa shape index (κ1) is 15.9. The van der Waals surface area contributed by atoms with Gasteiger partial charge in [-0.05, 0) is 32.9 Å². The minimum atomic E-state index is -0.285. The second kappa shape index (κ2) is 7.52. The molecule has 0 fully saturated rings. The van der Waals surface area contributed by atoms with Crippen molar-refractivity contribution in [1.82, 2.24) is 10.3 Å². The van der Waals surface area contributed by atoms with Crippen molar-refractivity contribution >= 4 is 11.3 Å². The van der Waals surface area contributed by atoms with Crippen molar-refractivity contribution in [3.8, 4) is 5.75 Å². The third-order valence-electron chi connectivity index (χ3n) is 3.16. The summed E-state index contributed by atoms with van der Waals surface area (Å²) in [5.41, 5.74) is 1.95. The zero-order valence-electron chi connectivity index (χ0n) is 12.6. The molecule has 0 aliphatic heterocycles. The maximum absolute atomic E-state index is 13.5. The summed E-state index contributed by atoms with van der Waals surface area (Å²) in [6, 6.07) is 4.82. The zero-order chi connectivity index (χ0) is 15.2. The molecule has 114 valence electrons. The van der Waals surface area contributed by atoms with E-state index < -0.39 is 0 Å². The van der Waals surface area contributed by atoms with Crippen molar-refractivity contribution in [3.63, 3.8) is 0 Å². The molecule has 2 rings (SSSR count). The number of ether oxygens (including phenoxy) is 1. The maximum Gasteiger partial charge on any atom is 0.140 e. The van der Waals surface area contributed by atoms with E-state index in [0.717, 1.165) is 29.2 Å². The van der Waals surface area contributed by atoms with E-state index in [1.807, 2.05) is 12.3 Å². The first-order chi connectivity index (χ1) is 10.1.